The third-order valence-corrected chi connectivity index (χ3v) is 1.01. The summed E-state index contributed by atoms with van der Waals surface area (Å²) >= 11 is 0. The summed E-state index contributed by atoms with van der Waals surface area (Å²) in [5.41, 5.74) is 0. The van der Waals surface area contributed by atoms with Crippen LogP contribution in [0.5, 0.6) is 0 Å². The van der Waals surface area contributed by atoms with Crippen LogP contribution in [0.1, 0.15) is 28.4 Å². The predicted octanol–water partition coefficient (Wildman–Crippen LogP) is 0.0990. The lowest BCUT2D eigenvalue weighted by Crippen LogP contribution is -2.43. The second-order valence-electron chi connectivity index (χ2n) is 2.50. The number of ether oxygens (including phenoxy) is 1. The molecule has 0 heterocycles. The predicted molar refractivity (Wildman–Crippen MR) is 50.7 cm³/mol. The lowest BCUT2D eigenvalue weighted by molar-refractivity contribution is -0.873. The molecule has 14 heavy (non-hydrogen) atoms. The lowest BCUT2D eigenvalue weighted by atomic mass is 10.2. The molecule has 0 aliphatic rings. The molecule has 0 aliphatic carbocycles. The highest BCUT2D eigenvalue weighted by molar-refractivity contribution is 5.69. The van der Waals surface area contributed by atoms with Crippen LogP contribution in [0, 0.1) is 0 Å². The molecule has 0 radical (unpaired) electrons. The van der Waals surface area contributed by atoms with Crippen LogP contribution in [0.2, 0.25) is 0 Å². The van der Waals surface area contributed by atoms with Gasteiger partial charge in [-0.2, -0.15) is 0 Å². The number of carbonyl (C=O) groups is 2. The van der Waals surface area contributed by atoms with Crippen LogP contribution in [0.3, 0.4) is 0 Å². The average molecular weight is 215 g/mol. The molecule has 1 N–H and O–H groups in total. The second kappa shape index (κ2) is 4.95. The number of esters is 1. The summed E-state index contributed by atoms with van der Waals surface area (Å²) in [6.45, 7) is -15.0. The molecule has 5 nitrogen and oxygen atoms in total. The van der Waals surface area contributed by atoms with E-state index in [1.165, 1.54) is 0 Å². The van der Waals surface area contributed by atoms with Crippen molar-refractivity contribution >= 4 is 11.9 Å². The van der Waals surface area contributed by atoms with E-state index in [2.05, 4.69) is 4.74 Å². The first-order chi connectivity index (χ1) is 10.7. The SMILES string of the molecule is [2H]C([2H])([2H])[N+](C([2H])([2H])[2H])(C([2H])([2H])[2H])C([2H])([2H])[C@@H](CC(=O)O)OC(C)=O. The average Bonchev–Trinajstić information content (AvgIpc) is 2.19. The molecule has 0 amide bonds. The number of likely N-dealkylation sites (N-methyl/N-ethyl adjacent to an activating group) is 1. The Kier molecular flexibility index (Phi) is 1.23. The van der Waals surface area contributed by atoms with Gasteiger partial charge in [-0.25, -0.2) is 0 Å². The normalized spacial score (nSPS) is 28.8. The summed E-state index contributed by atoms with van der Waals surface area (Å²) < 4.78 is 84.1. The molecule has 0 saturated carbocycles. The Morgan fingerprint density at radius 1 is 1.57 bits per heavy atom. The van der Waals surface area contributed by atoms with Crippen LogP contribution in [-0.4, -0.2) is 55.1 Å². The number of carboxylic acids is 1. The molecule has 0 aliphatic heterocycles. The zero-order valence-electron chi connectivity index (χ0n) is 18.4. The van der Waals surface area contributed by atoms with Gasteiger partial charge in [0.2, 0.25) is 0 Å². The van der Waals surface area contributed by atoms with Gasteiger partial charge in [-0.3, -0.25) is 9.59 Å². The minimum atomic E-state index is -3.98. The minimum Gasteiger partial charge on any atom is -0.481 e. The van der Waals surface area contributed by atoms with Crippen molar-refractivity contribution in [3.05, 3.63) is 0 Å². The number of hydrogen-bond donors (Lipinski definition) is 1. The van der Waals surface area contributed by atoms with E-state index in [1.54, 1.807) is 0 Å². The van der Waals surface area contributed by atoms with Crippen molar-refractivity contribution in [2.75, 3.05) is 27.4 Å². The summed E-state index contributed by atoms with van der Waals surface area (Å²) in [5.74, 6) is -3.00. The van der Waals surface area contributed by atoms with E-state index < -0.39 is 56.4 Å². The van der Waals surface area contributed by atoms with E-state index in [4.69, 9.17) is 20.2 Å². The van der Waals surface area contributed by atoms with E-state index in [0.717, 1.165) is 6.92 Å². The maximum absolute atomic E-state index is 11.1. The monoisotopic (exact) mass is 215 g/mol. The first-order valence-electron chi connectivity index (χ1n) is 9.02. The molecule has 0 aromatic carbocycles. The maximum Gasteiger partial charge on any atom is 0.307 e. The number of hydrogen-bond acceptors (Lipinski definition) is 3. The molecule has 82 valence electrons. The van der Waals surface area contributed by atoms with Crippen molar-refractivity contribution in [1.29, 1.82) is 0 Å². The van der Waals surface area contributed by atoms with Gasteiger partial charge < -0.3 is 14.3 Å². The molecular weight excluding hydrogens is 186 g/mol. The zero-order valence-corrected chi connectivity index (χ0v) is 7.40. The van der Waals surface area contributed by atoms with Gasteiger partial charge in [-0.15, -0.1) is 0 Å². The van der Waals surface area contributed by atoms with Gasteiger partial charge in [0.25, 0.3) is 0 Å². The van der Waals surface area contributed by atoms with Crippen molar-refractivity contribution in [1.82, 2.24) is 0 Å². The maximum atomic E-state index is 11.1. The Balaban J connectivity index is 6.87. The van der Waals surface area contributed by atoms with Crippen molar-refractivity contribution in [3.63, 3.8) is 0 Å². The molecule has 0 bridgehead atoms. The number of quaternary nitrogens is 1. The quantitative estimate of drug-likeness (QED) is 0.522. The standard InChI is InChI=1S/C9H17NO4/c1-7(11)14-8(5-9(12)13)6-10(2,3)4/h8H,5-6H2,1-4H3/p+1/t8-/m1/s1/i2D3,3D3,4D3,6D2. The molecule has 1 atom stereocenters. The zero-order chi connectivity index (χ0) is 20.6. The number of carbonyl (C=O) groups excluding carboxylic acids is 1. The van der Waals surface area contributed by atoms with Crippen LogP contribution in [0.4, 0.5) is 0 Å². The lowest BCUT2D eigenvalue weighted by Gasteiger charge is -2.28. The van der Waals surface area contributed by atoms with Crippen LogP contribution in [-0.2, 0) is 14.3 Å². The molecule has 5 heteroatoms. The smallest absolute Gasteiger partial charge is 0.307 e. The Morgan fingerprint density at radius 3 is 2.50 bits per heavy atom. The molecule has 0 saturated heterocycles. The Morgan fingerprint density at radius 2 is 2.14 bits per heavy atom. The third-order valence-electron chi connectivity index (χ3n) is 1.01. The molecule has 0 unspecified atom stereocenters. The fraction of sp³-hybridized carbons (Fsp3) is 0.778. The molecular formula is C9H18NO4+. The summed E-state index contributed by atoms with van der Waals surface area (Å²) in [6.07, 6.45) is -3.82. The number of aliphatic carboxylic acids is 1. The van der Waals surface area contributed by atoms with E-state index in [1.807, 2.05) is 0 Å². The molecule has 0 aromatic heterocycles. The summed E-state index contributed by atoms with van der Waals surface area (Å²) in [5, 5.41) is 8.85. The van der Waals surface area contributed by atoms with Gasteiger partial charge in [0.1, 0.15) is 6.50 Å². The largest absolute Gasteiger partial charge is 0.481 e. The summed E-state index contributed by atoms with van der Waals surface area (Å²) in [6, 6.07) is 0. The Bertz CT molecular complexity index is 469. The van der Waals surface area contributed by atoms with Crippen molar-refractivity contribution in [2.24, 2.45) is 0 Å². The molecule has 0 fully saturated rings. The highest BCUT2D eigenvalue weighted by Crippen LogP contribution is 2.04. The highest BCUT2D eigenvalue weighted by atomic mass is 16.5. The van der Waals surface area contributed by atoms with E-state index in [9.17, 15) is 9.59 Å². The summed E-state index contributed by atoms with van der Waals surface area (Å²) in [4.78, 5) is 22.1. The number of carboxylic acid groups (broad SMARTS) is 1. The first-order valence-corrected chi connectivity index (χ1v) is 3.52. The van der Waals surface area contributed by atoms with Gasteiger partial charge in [-0.1, -0.05) is 0 Å². The summed E-state index contributed by atoms with van der Waals surface area (Å²) in [7, 11) is 0. The van der Waals surface area contributed by atoms with Crippen molar-refractivity contribution in [3.8, 4) is 0 Å². The van der Waals surface area contributed by atoms with Crippen molar-refractivity contribution < 1.29 is 39.0 Å². The Hall–Kier alpha value is -1.10. The number of rotatable bonds is 5. The van der Waals surface area contributed by atoms with Gasteiger partial charge in [-0.05, 0) is 0 Å². The third kappa shape index (κ3) is 7.54. The van der Waals surface area contributed by atoms with E-state index >= 15 is 0 Å². The van der Waals surface area contributed by atoms with Gasteiger partial charge in [0, 0.05) is 6.92 Å². The molecule has 0 rings (SSSR count). The second-order valence-corrected chi connectivity index (χ2v) is 2.50. The van der Waals surface area contributed by atoms with Gasteiger partial charge in [0.15, 0.2) is 6.10 Å². The van der Waals surface area contributed by atoms with Crippen LogP contribution in [0.15, 0.2) is 0 Å². The first kappa shape index (κ1) is 3.48. The van der Waals surface area contributed by atoms with Gasteiger partial charge >= 0.3 is 11.9 Å². The van der Waals surface area contributed by atoms with Crippen LogP contribution in [0.25, 0.3) is 0 Å². The van der Waals surface area contributed by atoms with E-state index in [-0.39, 0.29) is 0 Å². The Labute approximate surface area is 99.3 Å². The molecule has 0 spiro atoms. The fourth-order valence-corrected chi connectivity index (χ4v) is 0.689. The number of nitrogens with zero attached hydrogens (tertiary/aromatic N) is 1. The van der Waals surface area contributed by atoms with Crippen LogP contribution >= 0.6 is 0 Å². The van der Waals surface area contributed by atoms with Crippen molar-refractivity contribution in [2.45, 2.75) is 19.4 Å². The minimum absolute atomic E-state index is 0.750. The molecule has 0 aromatic rings. The fourth-order valence-electron chi connectivity index (χ4n) is 0.689. The highest BCUT2D eigenvalue weighted by Gasteiger charge is 2.23. The topological polar surface area (TPSA) is 63.6 Å². The van der Waals surface area contributed by atoms with Crippen LogP contribution < -0.4 is 0 Å². The van der Waals surface area contributed by atoms with E-state index in [0.29, 0.717) is 0 Å². The van der Waals surface area contributed by atoms with Gasteiger partial charge in [0.05, 0.1) is 42.4 Å².